The van der Waals surface area contributed by atoms with E-state index in [0.29, 0.717) is 0 Å². The fraction of sp³-hybridized carbons (Fsp3) is 0.100. The molecule has 26 heavy (non-hydrogen) atoms. The van der Waals surface area contributed by atoms with Gasteiger partial charge in [-0.05, 0) is 19.1 Å². The van der Waals surface area contributed by atoms with Crippen molar-refractivity contribution in [1.29, 1.82) is 0 Å². The third kappa shape index (κ3) is 2.27. The molecular formula is C20H16N6. The minimum absolute atomic E-state index is 0.0480. The van der Waals surface area contributed by atoms with E-state index >= 15 is 0 Å². The molecule has 0 saturated carbocycles. The van der Waals surface area contributed by atoms with Crippen LogP contribution in [0.1, 0.15) is 18.5 Å². The third-order valence-electron chi connectivity index (χ3n) is 4.71. The Morgan fingerprint density at radius 2 is 1.88 bits per heavy atom. The van der Waals surface area contributed by atoms with Gasteiger partial charge in [-0.3, -0.25) is 0 Å². The highest BCUT2D eigenvalue weighted by atomic mass is 15.2. The third-order valence-corrected chi connectivity index (χ3v) is 4.71. The van der Waals surface area contributed by atoms with Crippen molar-refractivity contribution in [3.8, 4) is 11.3 Å². The maximum Gasteiger partial charge on any atom is 0.153 e. The molecule has 0 amide bonds. The molecule has 0 aliphatic carbocycles. The fourth-order valence-corrected chi connectivity index (χ4v) is 3.37. The van der Waals surface area contributed by atoms with E-state index in [4.69, 9.17) is 5.10 Å². The minimum atomic E-state index is 0.0480. The van der Waals surface area contributed by atoms with Crippen molar-refractivity contribution in [3.05, 3.63) is 79.1 Å². The predicted octanol–water partition coefficient (Wildman–Crippen LogP) is 3.75. The van der Waals surface area contributed by atoms with Crippen LogP contribution in [0.3, 0.4) is 0 Å². The maximum absolute atomic E-state index is 4.82. The number of hydrogen-bond donors (Lipinski definition) is 0. The molecule has 0 fully saturated rings. The summed E-state index contributed by atoms with van der Waals surface area (Å²) < 4.78 is 3.97. The first-order valence-electron chi connectivity index (χ1n) is 8.47. The fourth-order valence-electron chi connectivity index (χ4n) is 3.37. The molecule has 0 radical (unpaired) electrons. The number of hydrogen-bond acceptors (Lipinski definition) is 4. The van der Waals surface area contributed by atoms with E-state index in [2.05, 4.69) is 50.8 Å². The second-order valence-corrected chi connectivity index (χ2v) is 6.24. The van der Waals surface area contributed by atoms with E-state index in [1.165, 1.54) is 0 Å². The van der Waals surface area contributed by atoms with E-state index in [1.807, 2.05) is 41.2 Å². The van der Waals surface area contributed by atoms with Crippen LogP contribution in [-0.4, -0.2) is 29.1 Å². The van der Waals surface area contributed by atoms with Crippen LogP contribution < -0.4 is 0 Å². The summed E-state index contributed by atoms with van der Waals surface area (Å²) in [6, 6.07) is 14.4. The molecule has 126 valence electrons. The highest BCUT2D eigenvalue weighted by Crippen LogP contribution is 2.31. The van der Waals surface area contributed by atoms with Crippen molar-refractivity contribution in [3.63, 3.8) is 0 Å². The summed E-state index contributed by atoms with van der Waals surface area (Å²) in [6.07, 6.45) is 9.10. The zero-order valence-corrected chi connectivity index (χ0v) is 14.2. The van der Waals surface area contributed by atoms with Gasteiger partial charge in [0.15, 0.2) is 5.65 Å². The summed E-state index contributed by atoms with van der Waals surface area (Å²) in [5.41, 5.74) is 4.87. The number of nitrogens with zero attached hydrogens (tertiary/aromatic N) is 6. The molecule has 1 atom stereocenters. The highest BCUT2D eigenvalue weighted by Gasteiger charge is 2.19. The first-order valence-corrected chi connectivity index (χ1v) is 8.47. The van der Waals surface area contributed by atoms with Gasteiger partial charge in [-0.2, -0.15) is 5.10 Å². The van der Waals surface area contributed by atoms with Gasteiger partial charge in [0.25, 0.3) is 0 Å². The standard InChI is InChI=1S/C20H16N6/c1-14(25-9-7-16-12-21-13-23-20(16)25)17-11-18-22-8-10-26(18)24-19(17)15-5-3-2-4-6-15/h2-14H,1H3/t14-/m0/s1. The smallest absolute Gasteiger partial charge is 0.153 e. The van der Waals surface area contributed by atoms with E-state index in [1.54, 1.807) is 12.5 Å². The van der Waals surface area contributed by atoms with Crippen LogP contribution >= 0.6 is 0 Å². The van der Waals surface area contributed by atoms with Gasteiger partial charge in [-0.15, -0.1) is 0 Å². The van der Waals surface area contributed by atoms with Crippen LogP contribution in [0.4, 0.5) is 0 Å². The predicted molar refractivity (Wildman–Crippen MR) is 99.8 cm³/mol. The topological polar surface area (TPSA) is 60.9 Å². The lowest BCUT2D eigenvalue weighted by Crippen LogP contribution is -2.10. The molecule has 0 unspecified atom stereocenters. The van der Waals surface area contributed by atoms with E-state index < -0.39 is 0 Å². The molecule has 0 aliphatic rings. The molecule has 4 aromatic heterocycles. The first kappa shape index (κ1) is 14.8. The van der Waals surface area contributed by atoms with Crippen molar-refractivity contribution in [1.82, 2.24) is 29.1 Å². The number of fused-ring (bicyclic) bond motifs is 2. The average Bonchev–Trinajstić information content (AvgIpc) is 3.33. The number of benzene rings is 1. The molecule has 5 rings (SSSR count). The summed E-state index contributed by atoms with van der Waals surface area (Å²) in [5.74, 6) is 0. The van der Waals surface area contributed by atoms with Gasteiger partial charge in [0, 0.05) is 41.3 Å². The molecule has 0 aliphatic heterocycles. The molecule has 5 aromatic rings. The highest BCUT2D eigenvalue weighted by molar-refractivity contribution is 5.75. The minimum Gasteiger partial charge on any atom is -0.325 e. The average molecular weight is 340 g/mol. The Morgan fingerprint density at radius 1 is 1.00 bits per heavy atom. The number of rotatable bonds is 3. The number of imidazole rings is 1. The van der Waals surface area contributed by atoms with Crippen LogP contribution in [0.5, 0.6) is 0 Å². The number of aromatic nitrogens is 6. The van der Waals surface area contributed by atoms with Gasteiger partial charge < -0.3 is 4.57 Å². The molecule has 1 aromatic carbocycles. The Bertz CT molecular complexity index is 1200. The van der Waals surface area contributed by atoms with Gasteiger partial charge in [-0.1, -0.05) is 30.3 Å². The summed E-state index contributed by atoms with van der Waals surface area (Å²) >= 11 is 0. The summed E-state index contributed by atoms with van der Waals surface area (Å²) in [5, 5.41) is 5.85. The van der Waals surface area contributed by atoms with Crippen LogP contribution in [0, 0.1) is 0 Å². The van der Waals surface area contributed by atoms with Crippen LogP contribution in [0.2, 0.25) is 0 Å². The van der Waals surface area contributed by atoms with Crippen LogP contribution in [0.15, 0.2) is 73.6 Å². The van der Waals surface area contributed by atoms with Crippen molar-refractivity contribution in [2.24, 2.45) is 0 Å². The van der Waals surface area contributed by atoms with Crippen molar-refractivity contribution in [2.45, 2.75) is 13.0 Å². The summed E-state index contributed by atoms with van der Waals surface area (Å²) in [4.78, 5) is 13.0. The van der Waals surface area contributed by atoms with E-state index in [0.717, 1.165) is 33.5 Å². The Balaban J connectivity index is 1.74. The van der Waals surface area contributed by atoms with E-state index in [9.17, 15) is 0 Å². The summed E-state index contributed by atoms with van der Waals surface area (Å²) in [6.45, 7) is 2.16. The van der Waals surface area contributed by atoms with Gasteiger partial charge >= 0.3 is 0 Å². The normalized spacial score (nSPS) is 12.7. The van der Waals surface area contributed by atoms with E-state index in [-0.39, 0.29) is 6.04 Å². The van der Waals surface area contributed by atoms with Gasteiger partial charge in [0.05, 0.1) is 11.7 Å². The Kier molecular flexibility index (Phi) is 3.28. The Morgan fingerprint density at radius 3 is 2.77 bits per heavy atom. The zero-order valence-electron chi connectivity index (χ0n) is 14.2. The zero-order chi connectivity index (χ0) is 17.5. The molecule has 0 spiro atoms. The first-order chi connectivity index (χ1) is 12.8. The second-order valence-electron chi connectivity index (χ2n) is 6.24. The van der Waals surface area contributed by atoms with Gasteiger partial charge in [0.2, 0.25) is 0 Å². The Labute approximate surface area is 149 Å². The molecule has 0 N–H and O–H groups in total. The Hall–Kier alpha value is -3.54. The quantitative estimate of drug-likeness (QED) is 0.502. The lowest BCUT2D eigenvalue weighted by atomic mass is 10.0. The molecule has 0 bridgehead atoms. The van der Waals surface area contributed by atoms with Gasteiger partial charge in [-0.25, -0.2) is 19.5 Å². The van der Waals surface area contributed by atoms with Crippen LogP contribution in [-0.2, 0) is 0 Å². The van der Waals surface area contributed by atoms with Crippen molar-refractivity contribution < 1.29 is 0 Å². The molecule has 6 heteroatoms. The monoisotopic (exact) mass is 340 g/mol. The second kappa shape index (κ2) is 5.77. The lowest BCUT2D eigenvalue weighted by molar-refractivity contribution is 0.653. The largest absolute Gasteiger partial charge is 0.325 e. The lowest BCUT2D eigenvalue weighted by Gasteiger charge is -2.18. The molecule has 6 nitrogen and oxygen atoms in total. The SMILES string of the molecule is C[C@@H](c1cc2nccn2nc1-c1ccccc1)n1ccc2cncnc21. The summed E-state index contributed by atoms with van der Waals surface area (Å²) in [7, 11) is 0. The van der Waals surface area contributed by atoms with Crippen LogP contribution in [0.25, 0.3) is 27.9 Å². The maximum atomic E-state index is 4.82. The molecule has 4 heterocycles. The van der Waals surface area contributed by atoms with Gasteiger partial charge in [0.1, 0.15) is 12.0 Å². The molecule has 0 saturated heterocycles. The van der Waals surface area contributed by atoms with Crippen molar-refractivity contribution in [2.75, 3.05) is 0 Å². The van der Waals surface area contributed by atoms with Crippen molar-refractivity contribution >= 4 is 16.7 Å². The molecular weight excluding hydrogens is 324 g/mol.